The van der Waals surface area contributed by atoms with Crippen LogP contribution in [-0.2, 0) is 6.42 Å². The average Bonchev–Trinajstić information content (AvgIpc) is 3.13. The Labute approximate surface area is 147 Å². The summed E-state index contributed by atoms with van der Waals surface area (Å²) < 4.78 is 1.76. The van der Waals surface area contributed by atoms with Gasteiger partial charge in [0.1, 0.15) is 0 Å². The second kappa shape index (κ2) is 8.27. The lowest BCUT2D eigenvalue weighted by Gasteiger charge is -2.21. The van der Waals surface area contributed by atoms with Gasteiger partial charge in [0.05, 0.1) is 18.2 Å². The summed E-state index contributed by atoms with van der Waals surface area (Å²) in [6.45, 7) is 0. The largest absolute Gasteiger partial charge is 0.475 e. The first-order valence-corrected chi connectivity index (χ1v) is 8.76. The van der Waals surface area contributed by atoms with Crippen molar-refractivity contribution in [2.24, 2.45) is 0 Å². The Hall–Kier alpha value is -2.19. The summed E-state index contributed by atoms with van der Waals surface area (Å²) >= 11 is 0. The topological polar surface area (TPSA) is 100 Å². The first-order valence-electron chi connectivity index (χ1n) is 8.76. The normalized spacial score (nSPS) is 16.4. The highest BCUT2D eigenvalue weighted by Gasteiger charge is 2.27. The second-order valence-corrected chi connectivity index (χ2v) is 6.56. The van der Waals surface area contributed by atoms with Gasteiger partial charge in [-0.25, -0.2) is 4.68 Å². The van der Waals surface area contributed by atoms with Gasteiger partial charge in [-0.3, -0.25) is 4.79 Å². The van der Waals surface area contributed by atoms with E-state index in [9.17, 15) is 14.8 Å². The van der Waals surface area contributed by atoms with Gasteiger partial charge >= 0.3 is 7.12 Å². The second-order valence-electron chi connectivity index (χ2n) is 6.56. The summed E-state index contributed by atoms with van der Waals surface area (Å²) in [6, 6.07) is 9.67. The van der Waals surface area contributed by atoms with Gasteiger partial charge in [0, 0.05) is 0 Å². The Morgan fingerprint density at radius 2 is 1.96 bits per heavy atom. The molecule has 0 unspecified atom stereocenters. The van der Waals surface area contributed by atoms with Crippen molar-refractivity contribution in [3.05, 3.63) is 47.8 Å². The number of rotatable bonds is 6. The number of nitrogens with zero attached hydrogens (tertiary/aromatic N) is 3. The molecule has 132 valence electrons. The minimum Gasteiger partial charge on any atom is -0.426 e. The van der Waals surface area contributed by atoms with Crippen molar-refractivity contribution >= 4 is 13.0 Å². The fourth-order valence-electron chi connectivity index (χ4n) is 3.25. The van der Waals surface area contributed by atoms with E-state index in [0.717, 1.165) is 18.4 Å². The number of hydrogen-bond acceptors (Lipinski definition) is 5. The lowest BCUT2D eigenvalue weighted by atomic mass is 9.76. The molecule has 1 heterocycles. The van der Waals surface area contributed by atoms with E-state index < -0.39 is 19.0 Å². The molecular weight excluding hydrogens is 319 g/mol. The third-order valence-electron chi connectivity index (χ3n) is 4.67. The van der Waals surface area contributed by atoms with E-state index in [0.29, 0.717) is 12.5 Å². The molecule has 0 spiro atoms. The maximum atomic E-state index is 12.4. The number of amides is 1. The van der Waals surface area contributed by atoms with Crippen LogP contribution in [0.25, 0.3) is 0 Å². The van der Waals surface area contributed by atoms with E-state index in [1.54, 1.807) is 10.9 Å². The molecule has 1 fully saturated rings. The molecule has 0 aliphatic heterocycles. The van der Waals surface area contributed by atoms with Gasteiger partial charge in [0.25, 0.3) is 5.91 Å². The van der Waals surface area contributed by atoms with Crippen molar-refractivity contribution in [1.29, 1.82) is 0 Å². The molecule has 1 aromatic carbocycles. The zero-order chi connectivity index (χ0) is 17.6. The molecule has 0 radical (unpaired) electrons. The minimum absolute atomic E-state index is 0.198. The zero-order valence-corrected chi connectivity index (χ0v) is 14.1. The summed E-state index contributed by atoms with van der Waals surface area (Å²) in [5.74, 6) is -1.26. The third-order valence-corrected chi connectivity index (χ3v) is 4.67. The molecule has 1 aliphatic rings. The fourth-order valence-corrected chi connectivity index (χ4v) is 3.25. The van der Waals surface area contributed by atoms with E-state index in [2.05, 4.69) is 15.6 Å². The SMILES string of the molecule is O=C(N[C@@H](Cc1ccccc1)B(O)O)c1cn(C2CCCCC2)nn1. The summed E-state index contributed by atoms with van der Waals surface area (Å²) in [6.07, 6.45) is 7.65. The molecule has 1 aromatic heterocycles. The van der Waals surface area contributed by atoms with Crippen LogP contribution in [0.2, 0.25) is 0 Å². The van der Waals surface area contributed by atoms with E-state index in [1.165, 1.54) is 19.3 Å². The fraction of sp³-hybridized carbons (Fsp3) is 0.471. The number of aromatic nitrogens is 3. The monoisotopic (exact) mass is 342 g/mol. The molecule has 2 aromatic rings. The highest BCUT2D eigenvalue weighted by Crippen LogP contribution is 2.27. The van der Waals surface area contributed by atoms with Crippen molar-refractivity contribution < 1.29 is 14.8 Å². The van der Waals surface area contributed by atoms with Gasteiger partial charge in [-0.05, 0) is 24.8 Å². The van der Waals surface area contributed by atoms with Gasteiger partial charge in [0.15, 0.2) is 5.69 Å². The Kier molecular flexibility index (Phi) is 5.83. The van der Waals surface area contributed by atoms with Crippen LogP contribution in [0.4, 0.5) is 0 Å². The molecule has 3 rings (SSSR count). The summed E-state index contributed by atoms with van der Waals surface area (Å²) in [4.78, 5) is 12.4. The first kappa shape index (κ1) is 17.6. The van der Waals surface area contributed by atoms with Crippen LogP contribution in [0.1, 0.15) is 54.2 Å². The quantitative estimate of drug-likeness (QED) is 0.684. The Bertz CT molecular complexity index is 686. The molecule has 0 bridgehead atoms. The highest BCUT2D eigenvalue weighted by molar-refractivity contribution is 6.43. The van der Waals surface area contributed by atoms with Crippen LogP contribution in [-0.4, -0.2) is 44.0 Å². The van der Waals surface area contributed by atoms with Crippen LogP contribution in [0.15, 0.2) is 36.5 Å². The summed E-state index contributed by atoms with van der Waals surface area (Å²) in [7, 11) is -1.66. The van der Waals surface area contributed by atoms with E-state index in [4.69, 9.17) is 0 Å². The molecule has 8 heteroatoms. The van der Waals surface area contributed by atoms with Gasteiger partial charge in [0.2, 0.25) is 0 Å². The Morgan fingerprint density at radius 1 is 1.24 bits per heavy atom. The van der Waals surface area contributed by atoms with Gasteiger partial charge < -0.3 is 15.4 Å². The highest BCUT2D eigenvalue weighted by atomic mass is 16.4. The number of nitrogens with one attached hydrogen (secondary N) is 1. The van der Waals surface area contributed by atoms with E-state index in [-0.39, 0.29) is 5.69 Å². The molecule has 0 saturated heterocycles. The molecule has 7 nitrogen and oxygen atoms in total. The van der Waals surface area contributed by atoms with Crippen molar-refractivity contribution in [1.82, 2.24) is 20.3 Å². The molecule has 1 atom stereocenters. The van der Waals surface area contributed by atoms with Crippen molar-refractivity contribution in [2.75, 3.05) is 0 Å². The predicted molar refractivity (Wildman–Crippen MR) is 93.7 cm³/mol. The molecule has 3 N–H and O–H groups in total. The molecule has 25 heavy (non-hydrogen) atoms. The number of benzene rings is 1. The average molecular weight is 342 g/mol. The lowest BCUT2D eigenvalue weighted by Crippen LogP contribution is -2.48. The van der Waals surface area contributed by atoms with Crippen LogP contribution >= 0.6 is 0 Å². The number of carbonyl (C=O) groups excluding carboxylic acids is 1. The van der Waals surface area contributed by atoms with Gasteiger partial charge in [-0.15, -0.1) is 5.10 Å². The molecule has 1 amide bonds. The third kappa shape index (κ3) is 4.67. The minimum atomic E-state index is -1.66. The maximum absolute atomic E-state index is 12.4. The van der Waals surface area contributed by atoms with Gasteiger partial charge in [-0.1, -0.05) is 54.8 Å². The summed E-state index contributed by atoms with van der Waals surface area (Å²) in [5, 5.41) is 29.8. The van der Waals surface area contributed by atoms with E-state index >= 15 is 0 Å². The Balaban J connectivity index is 1.64. The van der Waals surface area contributed by atoms with Crippen molar-refractivity contribution in [3.8, 4) is 0 Å². The molecule has 1 saturated carbocycles. The Morgan fingerprint density at radius 3 is 2.64 bits per heavy atom. The molecular formula is C17H23BN4O3. The lowest BCUT2D eigenvalue weighted by molar-refractivity contribution is 0.0937. The van der Waals surface area contributed by atoms with Crippen LogP contribution < -0.4 is 5.32 Å². The van der Waals surface area contributed by atoms with Crippen LogP contribution in [0, 0.1) is 0 Å². The number of carbonyl (C=O) groups is 1. The van der Waals surface area contributed by atoms with Crippen LogP contribution in [0.5, 0.6) is 0 Å². The maximum Gasteiger partial charge on any atom is 0.475 e. The smallest absolute Gasteiger partial charge is 0.426 e. The number of hydrogen-bond donors (Lipinski definition) is 3. The predicted octanol–water partition coefficient (Wildman–Crippen LogP) is 1.14. The van der Waals surface area contributed by atoms with Crippen molar-refractivity contribution in [2.45, 2.75) is 50.5 Å². The molecule has 1 aliphatic carbocycles. The van der Waals surface area contributed by atoms with Gasteiger partial charge in [-0.2, -0.15) is 0 Å². The standard InChI is InChI=1S/C17H23BN4O3/c23-17(15-12-22(21-20-15)14-9-5-2-6-10-14)19-16(18(24)25)11-13-7-3-1-4-8-13/h1,3-4,7-8,12,14,16,24-25H,2,5-6,9-11H2,(H,19,23)/t16-/m0/s1. The van der Waals surface area contributed by atoms with E-state index in [1.807, 2.05) is 30.3 Å². The zero-order valence-electron chi connectivity index (χ0n) is 14.1. The van der Waals surface area contributed by atoms with Crippen molar-refractivity contribution in [3.63, 3.8) is 0 Å². The first-order chi connectivity index (χ1) is 12.1. The summed E-state index contributed by atoms with van der Waals surface area (Å²) in [5.41, 5.74) is 1.11. The van der Waals surface area contributed by atoms with Crippen LogP contribution in [0.3, 0.4) is 0 Å².